The zero-order valence-corrected chi connectivity index (χ0v) is 18.5. The number of ether oxygens (including phenoxy) is 2. The van der Waals surface area contributed by atoms with Gasteiger partial charge in [-0.1, -0.05) is 48.0 Å². The summed E-state index contributed by atoms with van der Waals surface area (Å²) in [5.41, 5.74) is 4.28. The molecule has 5 nitrogen and oxygen atoms in total. The number of carbonyl (C=O) groups is 1. The molecule has 1 heterocycles. The largest absolute Gasteiger partial charge is 0.497 e. The maximum absolute atomic E-state index is 12.8. The van der Waals surface area contributed by atoms with Crippen LogP contribution in [0.4, 0.5) is 0 Å². The molecule has 3 aromatic carbocycles. The standard InChI is InChI=1S/C26H22ClNO4/c1-3-32-25(29)12-16-5-4-6-18(11-16)22-14-19-13-21(17-7-9-20(31-2)10-8-17)23(27)15-24(19)28-26(22)30/h4-11,13-15H,3,12H2,1-2H3,(H,28,30). The fraction of sp³-hybridized carbons (Fsp3) is 0.154. The zero-order chi connectivity index (χ0) is 22.7. The minimum Gasteiger partial charge on any atom is -0.497 e. The van der Waals surface area contributed by atoms with Crippen LogP contribution in [0.3, 0.4) is 0 Å². The van der Waals surface area contributed by atoms with Crippen molar-refractivity contribution < 1.29 is 14.3 Å². The van der Waals surface area contributed by atoms with Crippen LogP contribution in [-0.2, 0) is 16.0 Å². The third-order valence-electron chi connectivity index (χ3n) is 5.22. The predicted octanol–water partition coefficient (Wildman–Crippen LogP) is 5.63. The van der Waals surface area contributed by atoms with E-state index in [2.05, 4.69) is 4.98 Å². The fourth-order valence-corrected chi connectivity index (χ4v) is 3.93. The topological polar surface area (TPSA) is 68.4 Å². The Labute approximate surface area is 190 Å². The second-order valence-corrected chi connectivity index (χ2v) is 7.75. The van der Waals surface area contributed by atoms with Crippen molar-refractivity contribution in [1.29, 1.82) is 0 Å². The number of pyridine rings is 1. The fourth-order valence-electron chi connectivity index (χ4n) is 3.66. The van der Waals surface area contributed by atoms with Gasteiger partial charge >= 0.3 is 5.97 Å². The molecule has 0 amide bonds. The molecule has 0 aliphatic rings. The number of hydrogen-bond donors (Lipinski definition) is 1. The van der Waals surface area contributed by atoms with Crippen LogP contribution in [0.2, 0.25) is 5.02 Å². The normalized spacial score (nSPS) is 10.8. The van der Waals surface area contributed by atoms with Gasteiger partial charge in [0.25, 0.3) is 5.56 Å². The van der Waals surface area contributed by atoms with Crippen LogP contribution in [0.1, 0.15) is 12.5 Å². The molecule has 162 valence electrons. The lowest BCUT2D eigenvalue weighted by Gasteiger charge is -2.10. The molecule has 0 radical (unpaired) electrons. The lowest BCUT2D eigenvalue weighted by Crippen LogP contribution is -2.10. The first-order valence-electron chi connectivity index (χ1n) is 10.2. The van der Waals surface area contributed by atoms with Crippen LogP contribution in [-0.4, -0.2) is 24.7 Å². The third-order valence-corrected chi connectivity index (χ3v) is 5.54. The van der Waals surface area contributed by atoms with Crippen molar-refractivity contribution in [3.8, 4) is 28.0 Å². The van der Waals surface area contributed by atoms with Crippen molar-refractivity contribution in [2.24, 2.45) is 0 Å². The molecule has 0 bridgehead atoms. The number of hydrogen-bond acceptors (Lipinski definition) is 4. The van der Waals surface area contributed by atoms with E-state index in [-0.39, 0.29) is 17.9 Å². The molecule has 1 aromatic heterocycles. The number of carbonyl (C=O) groups excluding carboxylic acids is 1. The smallest absolute Gasteiger partial charge is 0.310 e. The van der Waals surface area contributed by atoms with Crippen molar-refractivity contribution in [2.75, 3.05) is 13.7 Å². The van der Waals surface area contributed by atoms with Gasteiger partial charge in [0.2, 0.25) is 0 Å². The number of nitrogens with one attached hydrogen (secondary N) is 1. The molecule has 0 atom stereocenters. The number of benzene rings is 3. The molecule has 0 aliphatic heterocycles. The molecule has 4 aromatic rings. The summed E-state index contributed by atoms with van der Waals surface area (Å²) in [7, 11) is 1.62. The van der Waals surface area contributed by atoms with Crippen molar-refractivity contribution >= 4 is 28.5 Å². The highest BCUT2D eigenvalue weighted by Gasteiger charge is 2.12. The van der Waals surface area contributed by atoms with E-state index < -0.39 is 0 Å². The average Bonchev–Trinajstić information content (AvgIpc) is 2.79. The lowest BCUT2D eigenvalue weighted by atomic mass is 9.99. The Bertz CT molecular complexity index is 1340. The van der Waals surface area contributed by atoms with E-state index in [0.717, 1.165) is 33.4 Å². The van der Waals surface area contributed by atoms with Gasteiger partial charge in [0.05, 0.1) is 25.2 Å². The summed E-state index contributed by atoms with van der Waals surface area (Å²) in [5.74, 6) is 0.468. The summed E-state index contributed by atoms with van der Waals surface area (Å²) in [5, 5.41) is 1.40. The van der Waals surface area contributed by atoms with Crippen LogP contribution in [0, 0.1) is 0 Å². The second kappa shape index (κ2) is 9.28. The summed E-state index contributed by atoms with van der Waals surface area (Å²) < 4.78 is 10.3. The Kier molecular flexibility index (Phi) is 6.28. The first kappa shape index (κ1) is 21.7. The Balaban J connectivity index is 1.76. The Morgan fingerprint density at radius 1 is 0.969 bits per heavy atom. The molecule has 0 unspecified atom stereocenters. The molecule has 6 heteroatoms. The van der Waals surface area contributed by atoms with E-state index in [1.165, 1.54) is 0 Å². The van der Waals surface area contributed by atoms with E-state index in [1.807, 2.05) is 60.7 Å². The highest BCUT2D eigenvalue weighted by atomic mass is 35.5. The van der Waals surface area contributed by atoms with Gasteiger partial charge in [0.15, 0.2) is 0 Å². The summed E-state index contributed by atoms with van der Waals surface area (Å²) in [4.78, 5) is 27.6. The predicted molar refractivity (Wildman–Crippen MR) is 127 cm³/mol. The molecular formula is C26H22ClNO4. The highest BCUT2D eigenvalue weighted by molar-refractivity contribution is 6.34. The number of aromatic nitrogens is 1. The SMILES string of the molecule is CCOC(=O)Cc1cccc(-c2cc3cc(-c4ccc(OC)cc4)c(Cl)cc3[nH]c2=O)c1. The summed E-state index contributed by atoms with van der Waals surface area (Å²) in [6, 6.07) is 20.6. The maximum Gasteiger partial charge on any atom is 0.310 e. The number of aromatic amines is 1. The monoisotopic (exact) mass is 447 g/mol. The molecule has 32 heavy (non-hydrogen) atoms. The summed E-state index contributed by atoms with van der Waals surface area (Å²) in [6.07, 6.45) is 0.157. The van der Waals surface area contributed by atoms with Gasteiger partial charge in [0, 0.05) is 16.6 Å². The van der Waals surface area contributed by atoms with Crippen LogP contribution < -0.4 is 10.3 Å². The molecule has 0 spiro atoms. The van der Waals surface area contributed by atoms with Crippen LogP contribution in [0.15, 0.2) is 71.5 Å². The van der Waals surface area contributed by atoms with Crippen LogP contribution >= 0.6 is 11.6 Å². The van der Waals surface area contributed by atoms with Crippen molar-refractivity contribution in [3.05, 3.63) is 87.7 Å². The van der Waals surface area contributed by atoms with E-state index >= 15 is 0 Å². The molecule has 0 saturated carbocycles. The maximum atomic E-state index is 12.8. The van der Waals surface area contributed by atoms with Crippen molar-refractivity contribution in [3.63, 3.8) is 0 Å². The number of rotatable bonds is 6. The van der Waals surface area contributed by atoms with Gasteiger partial charge in [-0.25, -0.2) is 0 Å². The Hall–Kier alpha value is -3.57. The van der Waals surface area contributed by atoms with Crippen molar-refractivity contribution in [2.45, 2.75) is 13.3 Å². The zero-order valence-electron chi connectivity index (χ0n) is 17.8. The second-order valence-electron chi connectivity index (χ2n) is 7.34. The highest BCUT2D eigenvalue weighted by Crippen LogP contribution is 2.33. The van der Waals surface area contributed by atoms with Gasteiger partial charge in [-0.15, -0.1) is 0 Å². The van der Waals surface area contributed by atoms with Gasteiger partial charge in [-0.3, -0.25) is 9.59 Å². The molecule has 0 fully saturated rings. The average molecular weight is 448 g/mol. The van der Waals surface area contributed by atoms with Crippen molar-refractivity contribution in [1.82, 2.24) is 4.98 Å². The van der Waals surface area contributed by atoms with Gasteiger partial charge < -0.3 is 14.5 Å². The van der Waals surface area contributed by atoms with E-state index in [0.29, 0.717) is 22.7 Å². The minimum atomic E-state index is -0.296. The lowest BCUT2D eigenvalue weighted by molar-refractivity contribution is -0.142. The van der Waals surface area contributed by atoms with E-state index in [9.17, 15) is 9.59 Å². The first-order chi connectivity index (χ1) is 15.5. The molecule has 4 rings (SSSR count). The number of fused-ring (bicyclic) bond motifs is 1. The minimum absolute atomic E-state index is 0.157. The van der Waals surface area contributed by atoms with Crippen LogP contribution in [0.25, 0.3) is 33.2 Å². The summed E-state index contributed by atoms with van der Waals surface area (Å²) >= 11 is 6.52. The Morgan fingerprint density at radius 2 is 1.72 bits per heavy atom. The third kappa shape index (κ3) is 4.53. The number of H-pyrrole nitrogens is 1. The number of methoxy groups -OCH3 is 1. The van der Waals surface area contributed by atoms with E-state index in [1.54, 1.807) is 20.1 Å². The summed E-state index contributed by atoms with van der Waals surface area (Å²) in [6.45, 7) is 2.11. The van der Waals surface area contributed by atoms with Crippen LogP contribution in [0.5, 0.6) is 5.75 Å². The number of esters is 1. The quantitative estimate of drug-likeness (QED) is 0.389. The van der Waals surface area contributed by atoms with Gasteiger partial charge in [-0.05, 0) is 59.3 Å². The molecule has 0 aliphatic carbocycles. The molecule has 0 saturated heterocycles. The van der Waals surface area contributed by atoms with Gasteiger partial charge in [0.1, 0.15) is 5.75 Å². The van der Waals surface area contributed by atoms with Gasteiger partial charge in [-0.2, -0.15) is 0 Å². The van der Waals surface area contributed by atoms with E-state index in [4.69, 9.17) is 21.1 Å². The molecular weight excluding hydrogens is 426 g/mol. The molecule has 1 N–H and O–H groups in total. The Morgan fingerprint density at radius 3 is 2.44 bits per heavy atom. The first-order valence-corrected chi connectivity index (χ1v) is 10.6. The number of halogens is 1.